The molecule has 7 heteroatoms. The molecule has 2 fully saturated rings. The fourth-order valence-electron chi connectivity index (χ4n) is 3.36. The first-order valence-electron chi connectivity index (χ1n) is 7.79. The number of benzene rings is 1. The molecule has 2 aliphatic rings. The molecule has 1 atom stereocenters. The number of amides is 1. The van der Waals surface area contributed by atoms with Crippen molar-refractivity contribution in [1.29, 1.82) is 0 Å². The van der Waals surface area contributed by atoms with Crippen molar-refractivity contribution >= 4 is 11.9 Å². The lowest BCUT2D eigenvalue weighted by Gasteiger charge is -2.25. The third-order valence-corrected chi connectivity index (χ3v) is 5.18. The van der Waals surface area contributed by atoms with Gasteiger partial charge >= 0.3 is 12.1 Å². The first-order chi connectivity index (χ1) is 11.1. The maximum absolute atomic E-state index is 12.9. The summed E-state index contributed by atoms with van der Waals surface area (Å²) in [5.41, 5.74) is -2.31. The Labute approximate surface area is 137 Å². The number of carbonyl (C=O) groups is 2. The first kappa shape index (κ1) is 16.8. The van der Waals surface area contributed by atoms with Gasteiger partial charge in [-0.25, -0.2) is 0 Å². The van der Waals surface area contributed by atoms with Gasteiger partial charge in [0, 0.05) is 13.1 Å². The van der Waals surface area contributed by atoms with E-state index in [0.717, 1.165) is 12.1 Å². The van der Waals surface area contributed by atoms with Crippen LogP contribution in [0.25, 0.3) is 0 Å². The van der Waals surface area contributed by atoms with Crippen molar-refractivity contribution in [1.82, 2.24) is 4.90 Å². The molecule has 1 saturated heterocycles. The summed E-state index contributed by atoms with van der Waals surface area (Å²) in [5.74, 6) is -1.21. The van der Waals surface area contributed by atoms with Gasteiger partial charge in [-0.1, -0.05) is 18.2 Å². The number of likely N-dealkylation sites (tertiary alicyclic amines) is 1. The Kier molecular flexibility index (Phi) is 3.66. The van der Waals surface area contributed by atoms with Gasteiger partial charge in [0.25, 0.3) is 0 Å². The molecule has 1 saturated carbocycles. The van der Waals surface area contributed by atoms with Crippen LogP contribution in [-0.2, 0) is 21.2 Å². The number of halogens is 3. The van der Waals surface area contributed by atoms with Crippen molar-refractivity contribution in [2.45, 2.75) is 37.8 Å². The summed E-state index contributed by atoms with van der Waals surface area (Å²) in [6, 6.07) is 4.89. The molecule has 0 radical (unpaired) electrons. The van der Waals surface area contributed by atoms with Crippen molar-refractivity contribution in [3.63, 3.8) is 0 Å². The number of hydrogen-bond donors (Lipinski definition) is 1. The molecule has 0 spiro atoms. The molecule has 0 aromatic heterocycles. The third-order valence-electron chi connectivity index (χ3n) is 5.18. The molecule has 1 aliphatic carbocycles. The standard InChI is InChI=1S/C17H18F3NO3/c1-15(14(23)24)7-8-21(10-15)13(22)16(5-6-16)11-3-2-4-12(9-11)17(18,19)20/h2-4,9H,5-8,10H2,1H3,(H,23,24)/t15-/m0/s1. The van der Waals surface area contributed by atoms with Gasteiger partial charge in [0.2, 0.25) is 5.91 Å². The Morgan fingerprint density at radius 1 is 1.21 bits per heavy atom. The molecule has 1 aromatic rings. The van der Waals surface area contributed by atoms with Crippen LogP contribution in [0.15, 0.2) is 24.3 Å². The van der Waals surface area contributed by atoms with E-state index < -0.39 is 28.5 Å². The van der Waals surface area contributed by atoms with Crippen LogP contribution >= 0.6 is 0 Å². The molecular weight excluding hydrogens is 323 g/mol. The van der Waals surface area contributed by atoms with Crippen molar-refractivity contribution in [3.05, 3.63) is 35.4 Å². The summed E-state index contributed by atoms with van der Waals surface area (Å²) in [6.45, 7) is 2.01. The van der Waals surface area contributed by atoms with E-state index in [1.54, 1.807) is 13.0 Å². The Bertz CT molecular complexity index is 697. The Morgan fingerprint density at radius 2 is 1.88 bits per heavy atom. The summed E-state index contributed by atoms with van der Waals surface area (Å²) in [7, 11) is 0. The van der Waals surface area contributed by atoms with Crippen LogP contribution in [0.3, 0.4) is 0 Å². The van der Waals surface area contributed by atoms with Gasteiger partial charge in [0.05, 0.1) is 16.4 Å². The van der Waals surface area contributed by atoms with Crippen LogP contribution in [0.2, 0.25) is 0 Å². The van der Waals surface area contributed by atoms with Crippen molar-refractivity contribution < 1.29 is 27.9 Å². The van der Waals surface area contributed by atoms with E-state index in [4.69, 9.17) is 0 Å². The maximum Gasteiger partial charge on any atom is 0.416 e. The number of carboxylic acids is 1. The van der Waals surface area contributed by atoms with Crippen molar-refractivity contribution in [2.75, 3.05) is 13.1 Å². The van der Waals surface area contributed by atoms with E-state index >= 15 is 0 Å². The van der Waals surface area contributed by atoms with Gasteiger partial charge < -0.3 is 10.0 Å². The number of alkyl halides is 3. The second kappa shape index (κ2) is 5.22. The maximum atomic E-state index is 12.9. The number of carbonyl (C=O) groups excluding carboxylic acids is 1. The number of rotatable bonds is 3. The van der Waals surface area contributed by atoms with Crippen LogP contribution in [0.5, 0.6) is 0 Å². The molecule has 1 aromatic carbocycles. The molecule has 24 heavy (non-hydrogen) atoms. The van der Waals surface area contributed by atoms with Gasteiger partial charge in [-0.15, -0.1) is 0 Å². The molecular formula is C17H18F3NO3. The van der Waals surface area contributed by atoms with Crippen LogP contribution in [0.4, 0.5) is 13.2 Å². The van der Waals surface area contributed by atoms with Crippen LogP contribution in [0.1, 0.15) is 37.3 Å². The summed E-state index contributed by atoms with van der Waals surface area (Å²) < 4.78 is 38.7. The largest absolute Gasteiger partial charge is 0.481 e. The monoisotopic (exact) mass is 341 g/mol. The minimum Gasteiger partial charge on any atom is -0.481 e. The van der Waals surface area contributed by atoms with E-state index in [1.807, 2.05) is 0 Å². The highest BCUT2D eigenvalue weighted by Gasteiger charge is 2.55. The third kappa shape index (κ3) is 2.65. The van der Waals surface area contributed by atoms with Crippen LogP contribution in [0, 0.1) is 5.41 Å². The number of aliphatic carboxylic acids is 1. The average Bonchev–Trinajstić information content (AvgIpc) is 3.23. The second-order valence-corrected chi connectivity index (χ2v) is 7.00. The zero-order chi connectivity index (χ0) is 17.8. The second-order valence-electron chi connectivity index (χ2n) is 7.00. The summed E-state index contributed by atoms with van der Waals surface area (Å²) in [5, 5.41) is 9.27. The highest BCUT2D eigenvalue weighted by Crippen LogP contribution is 2.51. The lowest BCUT2D eigenvalue weighted by Crippen LogP contribution is -2.40. The number of carboxylic acid groups (broad SMARTS) is 1. The fourth-order valence-corrected chi connectivity index (χ4v) is 3.36. The van der Waals surface area contributed by atoms with Gasteiger partial charge in [0.1, 0.15) is 0 Å². The predicted octanol–water partition coefficient (Wildman–Crippen LogP) is 3.06. The normalized spacial score (nSPS) is 25.6. The van der Waals surface area contributed by atoms with Gasteiger partial charge in [-0.2, -0.15) is 13.2 Å². The minimum absolute atomic E-state index is 0.0991. The Hall–Kier alpha value is -2.05. The minimum atomic E-state index is -4.45. The van der Waals surface area contributed by atoms with Gasteiger partial charge in [-0.05, 0) is 37.8 Å². The lowest BCUT2D eigenvalue weighted by atomic mass is 9.90. The topological polar surface area (TPSA) is 57.6 Å². The molecule has 0 bridgehead atoms. The molecule has 1 amide bonds. The highest BCUT2D eigenvalue weighted by molar-refractivity contribution is 5.92. The summed E-state index contributed by atoms with van der Waals surface area (Å²) in [4.78, 5) is 25.7. The molecule has 1 N–H and O–H groups in total. The van der Waals surface area contributed by atoms with E-state index in [0.29, 0.717) is 31.4 Å². The summed E-state index contributed by atoms with van der Waals surface area (Å²) >= 11 is 0. The van der Waals surface area contributed by atoms with E-state index in [9.17, 15) is 27.9 Å². The molecule has 130 valence electrons. The van der Waals surface area contributed by atoms with E-state index in [1.165, 1.54) is 11.0 Å². The first-order valence-corrected chi connectivity index (χ1v) is 7.79. The van der Waals surface area contributed by atoms with Crippen LogP contribution < -0.4 is 0 Å². The van der Waals surface area contributed by atoms with Gasteiger partial charge in [-0.3, -0.25) is 9.59 Å². The van der Waals surface area contributed by atoms with Crippen molar-refractivity contribution in [2.24, 2.45) is 5.41 Å². The Balaban J connectivity index is 1.85. The summed E-state index contributed by atoms with van der Waals surface area (Å²) in [6.07, 6.45) is -3.11. The van der Waals surface area contributed by atoms with Crippen LogP contribution in [-0.4, -0.2) is 35.0 Å². The fraction of sp³-hybridized carbons (Fsp3) is 0.529. The quantitative estimate of drug-likeness (QED) is 0.919. The van der Waals surface area contributed by atoms with Gasteiger partial charge in [0.15, 0.2) is 0 Å². The smallest absolute Gasteiger partial charge is 0.416 e. The van der Waals surface area contributed by atoms with E-state index in [-0.39, 0.29) is 12.5 Å². The zero-order valence-electron chi connectivity index (χ0n) is 13.2. The lowest BCUT2D eigenvalue weighted by molar-refractivity contribution is -0.147. The predicted molar refractivity (Wildman–Crippen MR) is 79.3 cm³/mol. The number of hydrogen-bond acceptors (Lipinski definition) is 2. The molecule has 1 aliphatic heterocycles. The SMILES string of the molecule is C[C@]1(C(=O)O)CCN(C(=O)C2(c3cccc(C(F)(F)F)c3)CC2)C1. The molecule has 0 unspecified atom stereocenters. The highest BCUT2D eigenvalue weighted by atomic mass is 19.4. The van der Waals surface area contributed by atoms with E-state index in [2.05, 4.69) is 0 Å². The molecule has 3 rings (SSSR count). The molecule has 4 nitrogen and oxygen atoms in total. The van der Waals surface area contributed by atoms with Crippen molar-refractivity contribution in [3.8, 4) is 0 Å². The molecule has 1 heterocycles. The zero-order valence-corrected chi connectivity index (χ0v) is 13.2. The number of nitrogens with zero attached hydrogens (tertiary/aromatic N) is 1. The average molecular weight is 341 g/mol. The Morgan fingerprint density at radius 3 is 2.38 bits per heavy atom.